The van der Waals surface area contributed by atoms with E-state index in [9.17, 15) is 14.7 Å². The minimum Gasteiger partial charge on any atom is -0.479 e. The van der Waals surface area contributed by atoms with Gasteiger partial charge in [0.1, 0.15) is 0 Å². The second kappa shape index (κ2) is 8.19. The summed E-state index contributed by atoms with van der Waals surface area (Å²) >= 11 is 0. The lowest BCUT2D eigenvalue weighted by Crippen LogP contribution is -2.44. The Morgan fingerprint density at radius 1 is 1.25 bits per heavy atom. The summed E-state index contributed by atoms with van der Waals surface area (Å²) in [5.41, 5.74) is 0.569. The first-order chi connectivity index (χ1) is 9.60. The van der Waals surface area contributed by atoms with Crippen molar-refractivity contribution in [1.82, 2.24) is 10.2 Å². The summed E-state index contributed by atoms with van der Waals surface area (Å²) in [7, 11) is 0. The molecular weight excluding hydrogens is 256 g/mol. The number of carbonyl (C=O) groups excluding carboxylic acids is 1. The summed E-state index contributed by atoms with van der Waals surface area (Å²) in [6.07, 6.45) is 1.90. The van der Waals surface area contributed by atoms with Crippen molar-refractivity contribution in [2.75, 3.05) is 13.1 Å². The van der Waals surface area contributed by atoms with Crippen LogP contribution in [-0.4, -0.2) is 35.1 Å². The molecule has 2 amide bonds. The van der Waals surface area contributed by atoms with Gasteiger partial charge >= 0.3 is 12.0 Å². The Kier molecular flexibility index (Phi) is 6.56. The molecule has 1 atom stereocenters. The predicted octanol–water partition coefficient (Wildman–Crippen LogP) is 2.64. The van der Waals surface area contributed by atoms with Gasteiger partial charge in [-0.1, -0.05) is 43.7 Å². The summed E-state index contributed by atoms with van der Waals surface area (Å²) in [5, 5.41) is 11.9. The highest BCUT2D eigenvalue weighted by Crippen LogP contribution is 2.13. The molecule has 0 unspecified atom stereocenters. The molecule has 0 spiro atoms. The van der Waals surface area contributed by atoms with Crippen LogP contribution in [0.2, 0.25) is 0 Å². The number of carboxylic acid groups (broad SMARTS) is 1. The molecule has 1 aromatic carbocycles. The van der Waals surface area contributed by atoms with E-state index in [4.69, 9.17) is 0 Å². The Bertz CT molecular complexity index is 434. The lowest BCUT2D eigenvalue weighted by molar-refractivity contribution is -0.139. The third kappa shape index (κ3) is 4.57. The molecule has 5 heteroatoms. The van der Waals surface area contributed by atoms with Crippen LogP contribution in [0.4, 0.5) is 4.79 Å². The molecule has 1 aromatic rings. The zero-order valence-corrected chi connectivity index (χ0v) is 12.0. The maximum Gasteiger partial charge on any atom is 0.330 e. The fourth-order valence-corrected chi connectivity index (χ4v) is 1.90. The number of nitrogens with one attached hydrogen (secondary N) is 1. The number of urea groups is 1. The van der Waals surface area contributed by atoms with E-state index in [1.165, 1.54) is 0 Å². The quantitative estimate of drug-likeness (QED) is 0.805. The Hall–Kier alpha value is -2.04. The second-order valence-electron chi connectivity index (χ2n) is 4.56. The van der Waals surface area contributed by atoms with Gasteiger partial charge in [0.25, 0.3) is 0 Å². The number of unbranched alkanes of at least 4 members (excludes halogenated alkanes) is 1. The highest BCUT2D eigenvalue weighted by Gasteiger charge is 2.23. The molecule has 0 aliphatic rings. The van der Waals surface area contributed by atoms with Gasteiger partial charge in [-0.2, -0.15) is 0 Å². The zero-order valence-electron chi connectivity index (χ0n) is 12.0. The maximum absolute atomic E-state index is 12.1. The number of hydrogen-bond acceptors (Lipinski definition) is 2. The van der Waals surface area contributed by atoms with Crippen molar-refractivity contribution in [3.63, 3.8) is 0 Å². The number of nitrogens with zero attached hydrogens (tertiary/aromatic N) is 1. The van der Waals surface area contributed by atoms with Gasteiger partial charge < -0.3 is 15.3 Å². The predicted molar refractivity (Wildman–Crippen MR) is 77.5 cm³/mol. The Balaban J connectivity index is 2.75. The van der Waals surface area contributed by atoms with E-state index in [-0.39, 0.29) is 6.03 Å². The van der Waals surface area contributed by atoms with E-state index in [1.54, 1.807) is 29.2 Å². The minimum absolute atomic E-state index is 0.336. The van der Waals surface area contributed by atoms with Crippen LogP contribution in [0, 0.1) is 0 Å². The monoisotopic (exact) mass is 278 g/mol. The van der Waals surface area contributed by atoms with Gasteiger partial charge in [-0.25, -0.2) is 9.59 Å². The van der Waals surface area contributed by atoms with Gasteiger partial charge in [-0.05, 0) is 18.9 Å². The number of benzene rings is 1. The number of aliphatic carboxylic acids is 1. The normalized spacial score (nSPS) is 11.7. The lowest BCUT2D eigenvalue weighted by Gasteiger charge is -2.24. The van der Waals surface area contributed by atoms with E-state index in [2.05, 4.69) is 12.2 Å². The minimum atomic E-state index is -1.06. The molecule has 0 aliphatic carbocycles. The van der Waals surface area contributed by atoms with Crippen LogP contribution >= 0.6 is 0 Å². The summed E-state index contributed by atoms with van der Waals surface area (Å²) in [5.74, 6) is -1.06. The van der Waals surface area contributed by atoms with Gasteiger partial charge in [-0.15, -0.1) is 0 Å². The van der Waals surface area contributed by atoms with Crippen molar-refractivity contribution in [2.45, 2.75) is 32.7 Å². The van der Waals surface area contributed by atoms with Crippen LogP contribution in [-0.2, 0) is 4.79 Å². The van der Waals surface area contributed by atoms with Crippen LogP contribution in [0.3, 0.4) is 0 Å². The van der Waals surface area contributed by atoms with Crippen molar-refractivity contribution < 1.29 is 14.7 Å². The molecule has 2 N–H and O–H groups in total. The molecule has 0 saturated heterocycles. The summed E-state index contributed by atoms with van der Waals surface area (Å²) in [4.78, 5) is 25.1. The molecule has 0 saturated carbocycles. The maximum atomic E-state index is 12.1. The molecule has 0 aliphatic heterocycles. The fourth-order valence-electron chi connectivity index (χ4n) is 1.90. The van der Waals surface area contributed by atoms with E-state index < -0.39 is 12.0 Å². The number of hydrogen-bond donors (Lipinski definition) is 2. The molecule has 0 fully saturated rings. The van der Waals surface area contributed by atoms with Crippen molar-refractivity contribution in [3.8, 4) is 0 Å². The number of rotatable bonds is 7. The second-order valence-corrected chi connectivity index (χ2v) is 4.56. The third-order valence-corrected chi connectivity index (χ3v) is 3.10. The van der Waals surface area contributed by atoms with E-state index in [0.29, 0.717) is 18.7 Å². The molecule has 0 radical (unpaired) electrons. The van der Waals surface area contributed by atoms with Crippen molar-refractivity contribution in [2.24, 2.45) is 0 Å². The molecule has 110 valence electrons. The average Bonchev–Trinajstić information content (AvgIpc) is 2.46. The summed E-state index contributed by atoms with van der Waals surface area (Å²) in [6.45, 7) is 5.14. The van der Waals surface area contributed by atoms with Gasteiger partial charge in [0.15, 0.2) is 6.04 Å². The topological polar surface area (TPSA) is 69.6 Å². The molecular formula is C15H22N2O3. The molecule has 5 nitrogen and oxygen atoms in total. The van der Waals surface area contributed by atoms with Crippen molar-refractivity contribution >= 4 is 12.0 Å². The average molecular weight is 278 g/mol. The third-order valence-electron chi connectivity index (χ3n) is 3.10. The van der Waals surface area contributed by atoms with Gasteiger partial charge in [0, 0.05) is 13.1 Å². The first-order valence-electron chi connectivity index (χ1n) is 6.93. The standard InChI is InChI=1S/C15H22N2O3/c1-3-5-11-17(4-2)15(20)16-13(14(18)19)12-9-7-6-8-10-12/h6-10,13H,3-5,11H2,1-2H3,(H,16,20)(H,18,19)/t13-/m1/s1. The number of carbonyl (C=O) groups is 2. The smallest absolute Gasteiger partial charge is 0.330 e. The van der Waals surface area contributed by atoms with Crippen molar-refractivity contribution in [3.05, 3.63) is 35.9 Å². The lowest BCUT2D eigenvalue weighted by atomic mass is 10.1. The Labute approximate surface area is 119 Å². The molecule has 1 rings (SSSR count). The largest absolute Gasteiger partial charge is 0.479 e. The molecule has 0 aromatic heterocycles. The Morgan fingerprint density at radius 2 is 1.90 bits per heavy atom. The highest BCUT2D eigenvalue weighted by atomic mass is 16.4. The van der Waals surface area contributed by atoms with Crippen LogP contribution in [0.5, 0.6) is 0 Å². The first kappa shape index (κ1) is 16.0. The Morgan fingerprint density at radius 3 is 2.40 bits per heavy atom. The van der Waals surface area contributed by atoms with Crippen LogP contribution in [0.1, 0.15) is 38.3 Å². The van der Waals surface area contributed by atoms with Gasteiger partial charge in [-0.3, -0.25) is 0 Å². The van der Waals surface area contributed by atoms with Gasteiger partial charge in [0.2, 0.25) is 0 Å². The highest BCUT2D eigenvalue weighted by molar-refractivity contribution is 5.83. The summed E-state index contributed by atoms with van der Waals surface area (Å²) in [6, 6.07) is 7.36. The first-order valence-corrected chi connectivity index (χ1v) is 6.93. The van der Waals surface area contributed by atoms with E-state index >= 15 is 0 Å². The SMILES string of the molecule is CCCCN(CC)C(=O)N[C@@H](C(=O)O)c1ccccc1. The molecule has 0 bridgehead atoms. The number of amides is 2. The van der Waals surface area contributed by atoms with Crippen LogP contribution in [0.25, 0.3) is 0 Å². The van der Waals surface area contributed by atoms with Crippen LogP contribution in [0.15, 0.2) is 30.3 Å². The summed E-state index contributed by atoms with van der Waals surface area (Å²) < 4.78 is 0. The van der Waals surface area contributed by atoms with Crippen LogP contribution < -0.4 is 5.32 Å². The zero-order chi connectivity index (χ0) is 15.0. The molecule has 20 heavy (non-hydrogen) atoms. The van der Waals surface area contributed by atoms with Gasteiger partial charge in [0.05, 0.1) is 0 Å². The van der Waals surface area contributed by atoms with E-state index in [0.717, 1.165) is 12.8 Å². The van der Waals surface area contributed by atoms with E-state index in [1.807, 2.05) is 13.0 Å². The van der Waals surface area contributed by atoms with Crippen molar-refractivity contribution in [1.29, 1.82) is 0 Å². The number of carboxylic acids is 1. The fraction of sp³-hybridized carbons (Fsp3) is 0.467. The molecule has 0 heterocycles.